The summed E-state index contributed by atoms with van der Waals surface area (Å²) in [6, 6.07) is 19.4. The topological polar surface area (TPSA) is 49.3 Å². The average Bonchev–Trinajstić information content (AvgIpc) is 3.02. The SMILES string of the molecule is O=C(c1ccccc1)C1CC(CCO)(c2ccccc2)CN1. The molecule has 0 saturated carbocycles. The van der Waals surface area contributed by atoms with Gasteiger partial charge in [0, 0.05) is 24.1 Å². The summed E-state index contributed by atoms with van der Waals surface area (Å²) in [6.07, 6.45) is 1.40. The Kier molecular flexibility index (Phi) is 4.36. The number of ketones is 1. The van der Waals surface area contributed by atoms with Gasteiger partial charge in [-0.25, -0.2) is 0 Å². The van der Waals surface area contributed by atoms with Gasteiger partial charge in [0.1, 0.15) is 0 Å². The van der Waals surface area contributed by atoms with Crippen molar-refractivity contribution in [3.05, 3.63) is 71.8 Å². The van der Waals surface area contributed by atoms with Crippen LogP contribution < -0.4 is 5.32 Å². The standard InChI is InChI=1S/C19H21NO2/c21-12-11-19(16-9-5-2-6-10-16)13-17(20-14-19)18(22)15-7-3-1-4-8-15/h1-10,17,20-21H,11-14H2. The van der Waals surface area contributed by atoms with Gasteiger partial charge in [-0.3, -0.25) is 4.79 Å². The highest BCUT2D eigenvalue weighted by atomic mass is 16.3. The summed E-state index contributed by atoms with van der Waals surface area (Å²) in [7, 11) is 0. The lowest BCUT2D eigenvalue weighted by Crippen LogP contribution is -2.30. The lowest BCUT2D eigenvalue weighted by atomic mass is 9.75. The number of carbonyl (C=O) groups is 1. The minimum atomic E-state index is -0.186. The molecule has 2 unspecified atom stereocenters. The van der Waals surface area contributed by atoms with Crippen LogP contribution in [0.25, 0.3) is 0 Å². The first-order valence-corrected chi connectivity index (χ1v) is 7.74. The van der Waals surface area contributed by atoms with Crippen LogP contribution in [-0.2, 0) is 5.41 Å². The van der Waals surface area contributed by atoms with Gasteiger partial charge in [-0.05, 0) is 18.4 Å². The Bertz CT molecular complexity index is 626. The van der Waals surface area contributed by atoms with Gasteiger partial charge in [0.2, 0.25) is 0 Å². The van der Waals surface area contributed by atoms with E-state index in [0.717, 1.165) is 18.5 Å². The van der Waals surface area contributed by atoms with Crippen molar-refractivity contribution in [2.75, 3.05) is 13.2 Å². The van der Waals surface area contributed by atoms with E-state index >= 15 is 0 Å². The Morgan fingerprint density at radius 3 is 2.36 bits per heavy atom. The number of nitrogens with one attached hydrogen (secondary N) is 1. The summed E-state index contributed by atoms with van der Waals surface area (Å²) in [5, 5.41) is 12.9. The van der Waals surface area contributed by atoms with E-state index in [4.69, 9.17) is 0 Å². The quantitative estimate of drug-likeness (QED) is 0.834. The maximum Gasteiger partial charge on any atom is 0.179 e. The van der Waals surface area contributed by atoms with Crippen LogP contribution in [0.3, 0.4) is 0 Å². The molecule has 0 amide bonds. The van der Waals surface area contributed by atoms with Crippen LogP contribution in [0.2, 0.25) is 0 Å². The molecule has 1 aliphatic rings. The number of Topliss-reactive ketones (excluding diaryl/α,β-unsaturated/α-hetero) is 1. The van der Waals surface area contributed by atoms with E-state index in [0.29, 0.717) is 6.42 Å². The van der Waals surface area contributed by atoms with Crippen molar-refractivity contribution >= 4 is 5.78 Å². The molecular formula is C19H21NO2. The largest absolute Gasteiger partial charge is 0.396 e. The molecule has 1 saturated heterocycles. The highest BCUT2D eigenvalue weighted by molar-refractivity contribution is 6.00. The second-order valence-electron chi connectivity index (χ2n) is 5.99. The van der Waals surface area contributed by atoms with Gasteiger partial charge in [0.15, 0.2) is 5.78 Å². The molecule has 0 bridgehead atoms. The second-order valence-corrected chi connectivity index (χ2v) is 5.99. The molecule has 0 aromatic heterocycles. The van der Waals surface area contributed by atoms with Crippen LogP contribution in [0, 0.1) is 0 Å². The summed E-state index contributed by atoms with van der Waals surface area (Å²) in [5.41, 5.74) is 1.78. The second kappa shape index (κ2) is 6.42. The number of benzene rings is 2. The molecule has 1 heterocycles. The van der Waals surface area contributed by atoms with Gasteiger partial charge in [0.05, 0.1) is 6.04 Å². The van der Waals surface area contributed by atoms with Crippen LogP contribution >= 0.6 is 0 Å². The van der Waals surface area contributed by atoms with E-state index in [1.165, 1.54) is 5.56 Å². The molecule has 3 heteroatoms. The predicted molar refractivity (Wildman–Crippen MR) is 87.0 cm³/mol. The molecule has 0 spiro atoms. The number of rotatable bonds is 5. The zero-order valence-corrected chi connectivity index (χ0v) is 12.5. The normalized spacial score (nSPS) is 24.3. The third-order valence-corrected chi connectivity index (χ3v) is 4.63. The van der Waals surface area contributed by atoms with Gasteiger partial charge in [-0.15, -0.1) is 0 Å². The molecule has 1 aliphatic heterocycles. The Morgan fingerprint density at radius 1 is 1.09 bits per heavy atom. The number of hydrogen-bond donors (Lipinski definition) is 2. The van der Waals surface area contributed by atoms with E-state index in [2.05, 4.69) is 17.4 Å². The summed E-state index contributed by atoms with van der Waals surface area (Å²) < 4.78 is 0. The fraction of sp³-hybridized carbons (Fsp3) is 0.316. The van der Waals surface area contributed by atoms with Gasteiger partial charge in [-0.2, -0.15) is 0 Å². The number of aliphatic hydroxyl groups is 1. The zero-order chi connectivity index (χ0) is 15.4. The molecule has 3 rings (SSSR count). The maximum atomic E-state index is 12.6. The van der Waals surface area contributed by atoms with E-state index in [1.807, 2.05) is 48.5 Å². The molecule has 1 fully saturated rings. The maximum absolute atomic E-state index is 12.6. The molecule has 2 aromatic carbocycles. The molecule has 2 aromatic rings. The smallest absolute Gasteiger partial charge is 0.179 e. The monoisotopic (exact) mass is 295 g/mol. The molecule has 0 aliphatic carbocycles. The van der Waals surface area contributed by atoms with E-state index in [1.54, 1.807) is 0 Å². The molecular weight excluding hydrogens is 274 g/mol. The number of carbonyl (C=O) groups excluding carboxylic acids is 1. The summed E-state index contributed by atoms with van der Waals surface area (Å²) in [6.45, 7) is 0.851. The Balaban J connectivity index is 1.83. The Hall–Kier alpha value is -1.97. The minimum Gasteiger partial charge on any atom is -0.396 e. The number of aliphatic hydroxyl groups excluding tert-OH is 1. The lowest BCUT2D eigenvalue weighted by Gasteiger charge is -2.28. The predicted octanol–water partition coefficient (Wildman–Crippen LogP) is 2.55. The summed E-state index contributed by atoms with van der Waals surface area (Å²) >= 11 is 0. The fourth-order valence-electron chi connectivity index (χ4n) is 3.40. The first-order chi connectivity index (χ1) is 10.7. The zero-order valence-electron chi connectivity index (χ0n) is 12.5. The van der Waals surface area contributed by atoms with Gasteiger partial charge >= 0.3 is 0 Å². The molecule has 0 radical (unpaired) electrons. The molecule has 3 nitrogen and oxygen atoms in total. The highest BCUT2D eigenvalue weighted by Crippen LogP contribution is 2.37. The van der Waals surface area contributed by atoms with Gasteiger partial charge < -0.3 is 10.4 Å². The molecule has 2 N–H and O–H groups in total. The van der Waals surface area contributed by atoms with Crippen molar-refractivity contribution < 1.29 is 9.90 Å². The Labute approximate surface area is 131 Å². The third-order valence-electron chi connectivity index (χ3n) is 4.63. The summed E-state index contributed by atoms with van der Waals surface area (Å²) in [5.74, 6) is 0.136. The third kappa shape index (κ3) is 2.82. The first kappa shape index (κ1) is 14.9. The van der Waals surface area contributed by atoms with Crippen molar-refractivity contribution in [2.24, 2.45) is 0 Å². The van der Waals surface area contributed by atoms with Crippen molar-refractivity contribution in [1.29, 1.82) is 0 Å². The highest BCUT2D eigenvalue weighted by Gasteiger charge is 2.42. The fourth-order valence-corrected chi connectivity index (χ4v) is 3.40. The van der Waals surface area contributed by atoms with Crippen molar-refractivity contribution in [3.8, 4) is 0 Å². The Morgan fingerprint density at radius 2 is 1.73 bits per heavy atom. The van der Waals surface area contributed by atoms with Crippen LogP contribution in [0.1, 0.15) is 28.8 Å². The van der Waals surface area contributed by atoms with E-state index < -0.39 is 0 Å². The average molecular weight is 295 g/mol. The molecule has 2 atom stereocenters. The van der Waals surface area contributed by atoms with Crippen molar-refractivity contribution in [3.63, 3.8) is 0 Å². The van der Waals surface area contributed by atoms with Gasteiger partial charge in [-0.1, -0.05) is 60.7 Å². The van der Waals surface area contributed by atoms with Crippen LogP contribution in [0.5, 0.6) is 0 Å². The van der Waals surface area contributed by atoms with Crippen LogP contribution in [-0.4, -0.2) is 30.1 Å². The van der Waals surface area contributed by atoms with E-state index in [9.17, 15) is 9.90 Å². The minimum absolute atomic E-state index is 0.128. The molecule has 22 heavy (non-hydrogen) atoms. The first-order valence-electron chi connectivity index (χ1n) is 7.74. The lowest BCUT2D eigenvalue weighted by molar-refractivity contribution is 0.0948. The van der Waals surface area contributed by atoms with Gasteiger partial charge in [0.25, 0.3) is 0 Å². The van der Waals surface area contributed by atoms with Crippen LogP contribution in [0.15, 0.2) is 60.7 Å². The molecule has 114 valence electrons. The van der Waals surface area contributed by atoms with Crippen LogP contribution in [0.4, 0.5) is 0 Å². The number of hydrogen-bond acceptors (Lipinski definition) is 3. The van der Waals surface area contributed by atoms with Crippen molar-refractivity contribution in [1.82, 2.24) is 5.32 Å². The van der Waals surface area contributed by atoms with E-state index in [-0.39, 0.29) is 23.8 Å². The van der Waals surface area contributed by atoms with Crippen molar-refractivity contribution in [2.45, 2.75) is 24.3 Å². The summed E-state index contributed by atoms with van der Waals surface area (Å²) in [4.78, 5) is 12.6.